The quantitative estimate of drug-likeness (QED) is 0.842. The molecule has 1 aromatic rings. The minimum atomic E-state index is -0.802. The van der Waals surface area contributed by atoms with Crippen LogP contribution in [-0.2, 0) is 9.53 Å². The first-order valence-corrected chi connectivity index (χ1v) is 7.34. The van der Waals surface area contributed by atoms with Crippen LogP contribution in [0.25, 0.3) is 0 Å². The Hall–Kier alpha value is -1.83. The number of carbonyl (C=O) groups is 1. The van der Waals surface area contributed by atoms with E-state index in [9.17, 15) is 4.79 Å². The van der Waals surface area contributed by atoms with Gasteiger partial charge in [0.15, 0.2) is 0 Å². The first-order valence-electron chi connectivity index (χ1n) is 7.34. The molecule has 1 aliphatic heterocycles. The summed E-state index contributed by atoms with van der Waals surface area (Å²) in [6.45, 7) is 3.01. The number of hydrogen-bond acceptors (Lipinski definition) is 3. The highest BCUT2D eigenvalue weighted by Gasteiger charge is 2.18. The second-order valence-electron chi connectivity index (χ2n) is 5.16. The number of carboxylic acid groups (broad SMARTS) is 1. The predicted octanol–water partition coefficient (Wildman–Crippen LogP) is 1.99. The van der Waals surface area contributed by atoms with Gasteiger partial charge >= 0.3 is 5.97 Å². The molecule has 1 N–H and O–H groups in total. The molecule has 4 nitrogen and oxygen atoms in total. The molecule has 0 radical (unpaired) electrons. The Morgan fingerprint density at radius 1 is 1.29 bits per heavy atom. The molecule has 4 heteroatoms. The van der Waals surface area contributed by atoms with Gasteiger partial charge in [0.25, 0.3) is 0 Å². The van der Waals surface area contributed by atoms with Gasteiger partial charge in [-0.3, -0.25) is 9.69 Å². The predicted molar refractivity (Wildman–Crippen MR) is 81.0 cm³/mol. The summed E-state index contributed by atoms with van der Waals surface area (Å²) in [4.78, 5) is 12.7. The van der Waals surface area contributed by atoms with Gasteiger partial charge in [0.05, 0.1) is 25.7 Å². The van der Waals surface area contributed by atoms with Crippen molar-refractivity contribution in [2.24, 2.45) is 0 Å². The van der Waals surface area contributed by atoms with Gasteiger partial charge in [-0.15, -0.1) is 0 Å². The van der Waals surface area contributed by atoms with Crippen LogP contribution in [-0.4, -0.2) is 48.3 Å². The standard InChI is InChI=1S/C17H21NO3/c19-17(20)10-14-21-16-8-12-18(13-9-16)11-4-7-15-5-2-1-3-6-15/h1-3,5-6,16H,8-14H2,(H,19,20). The van der Waals surface area contributed by atoms with Crippen LogP contribution in [0, 0.1) is 11.8 Å². The SMILES string of the molecule is O=C(O)CCOC1CCN(CC#Cc2ccccc2)CC1. The van der Waals surface area contributed by atoms with Crippen LogP contribution in [0.5, 0.6) is 0 Å². The monoisotopic (exact) mass is 287 g/mol. The van der Waals surface area contributed by atoms with E-state index in [1.807, 2.05) is 30.3 Å². The summed E-state index contributed by atoms with van der Waals surface area (Å²) in [5, 5.41) is 8.57. The molecule has 1 heterocycles. The zero-order chi connectivity index (χ0) is 14.9. The normalized spacial score (nSPS) is 16.2. The average molecular weight is 287 g/mol. The molecule has 0 spiro atoms. The van der Waals surface area contributed by atoms with Gasteiger partial charge in [0.2, 0.25) is 0 Å². The summed E-state index contributed by atoms with van der Waals surface area (Å²) in [6.07, 6.45) is 2.19. The van der Waals surface area contributed by atoms with Crippen molar-refractivity contribution in [2.75, 3.05) is 26.2 Å². The van der Waals surface area contributed by atoms with Gasteiger partial charge in [0.1, 0.15) is 0 Å². The Balaban J connectivity index is 1.65. The Labute approximate surface area is 125 Å². The molecule has 1 saturated heterocycles. The van der Waals surface area contributed by atoms with Crippen molar-refractivity contribution < 1.29 is 14.6 Å². The van der Waals surface area contributed by atoms with Crippen molar-refractivity contribution >= 4 is 5.97 Å². The molecule has 0 unspecified atom stereocenters. The summed E-state index contributed by atoms with van der Waals surface area (Å²) in [7, 11) is 0. The molecule has 1 aromatic carbocycles. The molecule has 21 heavy (non-hydrogen) atoms. The fourth-order valence-corrected chi connectivity index (χ4v) is 2.32. The molecule has 1 aliphatic rings. The molecule has 0 bridgehead atoms. The number of hydrogen-bond donors (Lipinski definition) is 1. The first kappa shape index (κ1) is 15.6. The van der Waals surface area contributed by atoms with Gasteiger partial charge in [-0.05, 0) is 25.0 Å². The van der Waals surface area contributed by atoms with E-state index in [1.165, 1.54) is 0 Å². The van der Waals surface area contributed by atoms with Gasteiger partial charge in [-0.2, -0.15) is 0 Å². The molecule has 2 rings (SSSR count). The van der Waals surface area contributed by atoms with E-state index in [0.29, 0.717) is 6.61 Å². The second kappa shape index (κ2) is 8.46. The Morgan fingerprint density at radius 2 is 2.00 bits per heavy atom. The van der Waals surface area contributed by atoms with Crippen LogP contribution in [0.2, 0.25) is 0 Å². The van der Waals surface area contributed by atoms with Crippen molar-refractivity contribution in [2.45, 2.75) is 25.4 Å². The topological polar surface area (TPSA) is 49.8 Å². The van der Waals surface area contributed by atoms with Crippen LogP contribution in [0.1, 0.15) is 24.8 Å². The van der Waals surface area contributed by atoms with Crippen LogP contribution in [0.4, 0.5) is 0 Å². The van der Waals surface area contributed by atoms with E-state index in [0.717, 1.165) is 38.0 Å². The number of likely N-dealkylation sites (tertiary alicyclic amines) is 1. The van der Waals surface area contributed by atoms with Gasteiger partial charge in [-0.25, -0.2) is 0 Å². The summed E-state index contributed by atoms with van der Waals surface area (Å²) in [5.74, 6) is 5.56. The maximum Gasteiger partial charge on any atom is 0.305 e. The number of rotatable bonds is 5. The second-order valence-corrected chi connectivity index (χ2v) is 5.16. The Kier molecular flexibility index (Phi) is 6.26. The van der Waals surface area contributed by atoms with Crippen LogP contribution in [0.3, 0.4) is 0 Å². The lowest BCUT2D eigenvalue weighted by Gasteiger charge is -2.30. The number of nitrogens with zero attached hydrogens (tertiary/aromatic N) is 1. The Morgan fingerprint density at radius 3 is 2.67 bits per heavy atom. The number of piperidine rings is 1. The van der Waals surface area contributed by atoms with Gasteiger partial charge in [0, 0.05) is 18.7 Å². The number of aliphatic carboxylic acids is 1. The highest BCUT2D eigenvalue weighted by molar-refractivity contribution is 5.66. The summed E-state index contributed by atoms with van der Waals surface area (Å²) in [5.41, 5.74) is 1.05. The van der Waals surface area contributed by atoms with E-state index in [4.69, 9.17) is 9.84 Å². The first-order chi connectivity index (χ1) is 10.2. The highest BCUT2D eigenvalue weighted by Crippen LogP contribution is 2.13. The third kappa shape index (κ3) is 5.99. The van der Waals surface area contributed by atoms with Gasteiger partial charge < -0.3 is 9.84 Å². The van der Waals surface area contributed by atoms with Crippen molar-refractivity contribution in [1.29, 1.82) is 0 Å². The molecule has 0 atom stereocenters. The fraction of sp³-hybridized carbons (Fsp3) is 0.471. The van der Waals surface area contributed by atoms with E-state index in [-0.39, 0.29) is 12.5 Å². The fourth-order valence-electron chi connectivity index (χ4n) is 2.32. The smallest absolute Gasteiger partial charge is 0.305 e. The van der Waals surface area contributed by atoms with Gasteiger partial charge in [-0.1, -0.05) is 30.0 Å². The van der Waals surface area contributed by atoms with E-state index in [2.05, 4.69) is 16.7 Å². The van der Waals surface area contributed by atoms with E-state index < -0.39 is 5.97 Å². The van der Waals surface area contributed by atoms with Crippen molar-refractivity contribution in [3.8, 4) is 11.8 Å². The lowest BCUT2D eigenvalue weighted by atomic mass is 10.1. The van der Waals surface area contributed by atoms with E-state index in [1.54, 1.807) is 0 Å². The summed E-state index contributed by atoms with van der Waals surface area (Å²) in [6, 6.07) is 9.99. The highest BCUT2D eigenvalue weighted by atomic mass is 16.5. The maximum atomic E-state index is 10.4. The van der Waals surface area contributed by atoms with Crippen molar-refractivity contribution in [3.63, 3.8) is 0 Å². The average Bonchev–Trinajstić information content (AvgIpc) is 2.50. The number of carboxylic acids is 1. The maximum absolute atomic E-state index is 10.4. The van der Waals surface area contributed by atoms with Crippen molar-refractivity contribution in [3.05, 3.63) is 35.9 Å². The van der Waals surface area contributed by atoms with E-state index >= 15 is 0 Å². The minimum Gasteiger partial charge on any atom is -0.481 e. The summed E-state index contributed by atoms with van der Waals surface area (Å²) >= 11 is 0. The largest absolute Gasteiger partial charge is 0.481 e. The van der Waals surface area contributed by atoms with Crippen LogP contribution < -0.4 is 0 Å². The van der Waals surface area contributed by atoms with Crippen molar-refractivity contribution in [1.82, 2.24) is 4.90 Å². The molecular formula is C17H21NO3. The zero-order valence-electron chi connectivity index (χ0n) is 12.1. The number of ether oxygens (including phenoxy) is 1. The van der Waals surface area contributed by atoms with Crippen LogP contribution in [0.15, 0.2) is 30.3 Å². The molecule has 0 saturated carbocycles. The summed E-state index contributed by atoms with van der Waals surface area (Å²) < 4.78 is 5.57. The Bertz CT molecular complexity index is 496. The minimum absolute atomic E-state index is 0.0861. The van der Waals surface area contributed by atoms with Crippen LogP contribution >= 0.6 is 0 Å². The third-order valence-corrected chi connectivity index (χ3v) is 3.51. The molecule has 0 amide bonds. The third-order valence-electron chi connectivity index (χ3n) is 3.51. The zero-order valence-corrected chi connectivity index (χ0v) is 12.1. The lowest BCUT2D eigenvalue weighted by Crippen LogP contribution is -2.37. The molecule has 112 valence electrons. The molecular weight excluding hydrogens is 266 g/mol. The molecule has 0 aliphatic carbocycles. The molecule has 1 fully saturated rings. The number of benzene rings is 1. The lowest BCUT2D eigenvalue weighted by molar-refractivity contribution is -0.138. The molecule has 0 aromatic heterocycles.